The SMILES string of the molecule is CCN[C@H](C)CNC(=O)c1cccc(CN2CCN(C)CC2)c1.Cl.Cl. The van der Waals surface area contributed by atoms with Crippen molar-refractivity contribution in [1.29, 1.82) is 0 Å². The lowest BCUT2D eigenvalue weighted by atomic mass is 10.1. The van der Waals surface area contributed by atoms with E-state index >= 15 is 0 Å². The minimum atomic E-state index is 0. The van der Waals surface area contributed by atoms with E-state index < -0.39 is 0 Å². The standard InChI is InChI=1S/C18H30N4O.2ClH/c1-4-19-15(2)13-20-18(23)17-7-5-6-16(12-17)14-22-10-8-21(3)9-11-22;;/h5-7,12,15,19H,4,8-11,13-14H2,1-3H3,(H,20,23);2*1H/t15-;;/m1../s1. The minimum absolute atomic E-state index is 0. The van der Waals surface area contributed by atoms with Gasteiger partial charge in [-0.25, -0.2) is 0 Å². The van der Waals surface area contributed by atoms with Crippen molar-refractivity contribution < 1.29 is 4.79 Å². The zero-order valence-corrected chi connectivity index (χ0v) is 17.1. The van der Waals surface area contributed by atoms with E-state index in [0.717, 1.165) is 44.8 Å². The first kappa shape index (κ1) is 24.1. The maximum Gasteiger partial charge on any atom is 0.251 e. The van der Waals surface area contributed by atoms with Crippen LogP contribution in [-0.4, -0.2) is 68.1 Å². The zero-order chi connectivity index (χ0) is 16.7. The van der Waals surface area contributed by atoms with Crippen LogP contribution in [0.15, 0.2) is 24.3 Å². The van der Waals surface area contributed by atoms with Crippen molar-refractivity contribution in [2.24, 2.45) is 0 Å². The van der Waals surface area contributed by atoms with Gasteiger partial charge in [0.2, 0.25) is 0 Å². The first-order chi connectivity index (χ1) is 11.1. The summed E-state index contributed by atoms with van der Waals surface area (Å²) in [4.78, 5) is 17.1. The number of piperazine rings is 1. The third-order valence-corrected chi connectivity index (χ3v) is 4.31. The molecule has 1 atom stereocenters. The predicted octanol–water partition coefficient (Wildman–Crippen LogP) is 2.01. The lowest BCUT2D eigenvalue weighted by Crippen LogP contribution is -2.43. The summed E-state index contributed by atoms with van der Waals surface area (Å²) in [6, 6.07) is 8.29. The number of hydrogen-bond acceptors (Lipinski definition) is 4. The second kappa shape index (κ2) is 12.5. The molecular weight excluding hydrogens is 359 g/mol. The molecule has 1 fully saturated rings. The maximum absolute atomic E-state index is 12.3. The summed E-state index contributed by atoms with van der Waals surface area (Å²) in [6.07, 6.45) is 0. The Labute approximate surface area is 164 Å². The average Bonchev–Trinajstić information content (AvgIpc) is 2.55. The van der Waals surface area contributed by atoms with E-state index in [9.17, 15) is 4.79 Å². The molecular formula is C18H32Cl2N4O. The van der Waals surface area contributed by atoms with Crippen LogP contribution in [0.2, 0.25) is 0 Å². The maximum atomic E-state index is 12.3. The molecule has 0 radical (unpaired) electrons. The van der Waals surface area contributed by atoms with Crippen molar-refractivity contribution in [3.63, 3.8) is 0 Å². The average molecular weight is 391 g/mol. The highest BCUT2D eigenvalue weighted by molar-refractivity contribution is 5.94. The second-order valence-corrected chi connectivity index (χ2v) is 6.45. The molecule has 1 aliphatic rings. The van der Waals surface area contributed by atoms with Crippen LogP contribution in [0, 0.1) is 0 Å². The first-order valence-electron chi connectivity index (χ1n) is 8.60. The molecule has 1 aromatic carbocycles. The van der Waals surface area contributed by atoms with Gasteiger partial charge in [-0.15, -0.1) is 24.8 Å². The van der Waals surface area contributed by atoms with Gasteiger partial charge in [0.15, 0.2) is 0 Å². The second-order valence-electron chi connectivity index (χ2n) is 6.45. The molecule has 25 heavy (non-hydrogen) atoms. The summed E-state index contributed by atoms with van der Waals surface area (Å²) < 4.78 is 0. The molecule has 0 spiro atoms. The van der Waals surface area contributed by atoms with Crippen LogP contribution in [0.25, 0.3) is 0 Å². The van der Waals surface area contributed by atoms with Crippen molar-refractivity contribution >= 4 is 30.7 Å². The van der Waals surface area contributed by atoms with Crippen LogP contribution in [0.5, 0.6) is 0 Å². The Morgan fingerprint density at radius 2 is 1.88 bits per heavy atom. The number of hydrogen-bond donors (Lipinski definition) is 2. The molecule has 2 N–H and O–H groups in total. The van der Waals surface area contributed by atoms with E-state index in [2.05, 4.69) is 47.4 Å². The van der Waals surface area contributed by atoms with Crippen LogP contribution in [0.1, 0.15) is 29.8 Å². The number of carbonyl (C=O) groups excluding carboxylic acids is 1. The van der Waals surface area contributed by atoms with Crippen LogP contribution < -0.4 is 10.6 Å². The van der Waals surface area contributed by atoms with Gasteiger partial charge in [-0.2, -0.15) is 0 Å². The molecule has 0 saturated carbocycles. The number of amides is 1. The van der Waals surface area contributed by atoms with Gasteiger partial charge in [0.1, 0.15) is 0 Å². The largest absolute Gasteiger partial charge is 0.350 e. The Morgan fingerprint density at radius 3 is 2.52 bits per heavy atom. The van der Waals surface area contributed by atoms with Crippen LogP contribution in [0.3, 0.4) is 0 Å². The van der Waals surface area contributed by atoms with Crippen LogP contribution in [-0.2, 0) is 6.54 Å². The summed E-state index contributed by atoms with van der Waals surface area (Å²) in [7, 11) is 2.16. The Kier molecular flexibility index (Phi) is 12.1. The molecule has 0 unspecified atom stereocenters. The minimum Gasteiger partial charge on any atom is -0.350 e. The normalized spacial score (nSPS) is 16.4. The monoisotopic (exact) mass is 390 g/mol. The summed E-state index contributed by atoms with van der Waals surface area (Å²) in [5.41, 5.74) is 1.96. The molecule has 0 aliphatic carbocycles. The lowest BCUT2D eigenvalue weighted by molar-refractivity contribution is 0.0950. The van der Waals surface area contributed by atoms with Crippen molar-refractivity contribution in [3.05, 3.63) is 35.4 Å². The predicted molar refractivity (Wildman–Crippen MR) is 109 cm³/mol. The Morgan fingerprint density at radius 1 is 1.20 bits per heavy atom. The molecule has 7 heteroatoms. The molecule has 2 rings (SSSR count). The quantitative estimate of drug-likeness (QED) is 0.747. The molecule has 5 nitrogen and oxygen atoms in total. The number of likely N-dealkylation sites (N-methyl/N-ethyl adjacent to an activating group) is 2. The number of carbonyl (C=O) groups is 1. The molecule has 144 valence electrons. The van der Waals surface area contributed by atoms with Crippen LogP contribution in [0.4, 0.5) is 0 Å². The Hall–Kier alpha value is -0.850. The Balaban J connectivity index is 0.00000288. The van der Waals surface area contributed by atoms with Gasteiger partial charge < -0.3 is 15.5 Å². The first-order valence-corrected chi connectivity index (χ1v) is 8.60. The fourth-order valence-electron chi connectivity index (χ4n) is 2.84. The summed E-state index contributed by atoms with van der Waals surface area (Å²) in [5.74, 6) is 0.00924. The van der Waals surface area contributed by atoms with Crippen LogP contribution >= 0.6 is 24.8 Å². The third-order valence-electron chi connectivity index (χ3n) is 4.31. The molecule has 1 saturated heterocycles. The number of nitrogens with one attached hydrogen (secondary N) is 2. The van der Waals surface area contributed by atoms with E-state index in [1.165, 1.54) is 5.56 Å². The van der Waals surface area contributed by atoms with E-state index in [1.807, 2.05) is 18.2 Å². The molecule has 1 aliphatic heterocycles. The Bertz CT molecular complexity index is 508. The zero-order valence-electron chi connectivity index (χ0n) is 15.5. The molecule has 0 aromatic heterocycles. The lowest BCUT2D eigenvalue weighted by Gasteiger charge is -2.32. The summed E-state index contributed by atoms with van der Waals surface area (Å²) >= 11 is 0. The number of rotatable bonds is 7. The van der Waals surface area contributed by atoms with E-state index in [0.29, 0.717) is 6.54 Å². The van der Waals surface area contributed by atoms with Gasteiger partial charge in [0.25, 0.3) is 5.91 Å². The number of benzene rings is 1. The van der Waals surface area contributed by atoms with E-state index in [1.54, 1.807) is 0 Å². The highest BCUT2D eigenvalue weighted by atomic mass is 35.5. The number of halogens is 2. The van der Waals surface area contributed by atoms with Gasteiger partial charge in [0, 0.05) is 50.9 Å². The smallest absolute Gasteiger partial charge is 0.251 e. The van der Waals surface area contributed by atoms with Gasteiger partial charge in [-0.1, -0.05) is 19.1 Å². The van der Waals surface area contributed by atoms with Gasteiger partial charge in [-0.05, 0) is 38.2 Å². The van der Waals surface area contributed by atoms with Crippen molar-refractivity contribution in [1.82, 2.24) is 20.4 Å². The van der Waals surface area contributed by atoms with Crippen molar-refractivity contribution in [2.45, 2.75) is 26.4 Å². The molecule has 1 amide bonds. The van der Waals surface area contributed by atoms with Gasteiger partial charge >= 0.3 is 0 Å². The van der Waals surface area contributed by atoms with Crippen molar-refractivity contribution in [3.8, 4) is 0 Å². The van der Waals surface area contributed by atoms with Gasteiger partial charge in [-0.3, -0.25) is 9.69 Å². The molecule has 0 bridgehead atoms. The highest BCUT2D eigenvalue weighted by Gasteiger charge is 2.14. The number of nitrogens with zero attached hydrogens (tertiary/aromatic N) is 2. The third kappa shape index (κ3) is 8.38. The van der Waals surface area contributed by atoms with E-state index in [4.69, 9.17) is 0 Å². The van der Waals surface area contributed by atoms with Crippen molar-refractivity contribution in [2.75, 3.05) is 46.3 Å². The molecule has 1 heterocycles. The van der Waals surface area contributed by atoms with Gasteiger partial charge in [0.05, 0.1) is 0 Å². The topological polar surface area (TPSA) is 47.6 Å². The summed E-state index contributed by atoms with van der Waals surface area (Å²) in [5, 5.41) is 6.29. The van der Waals surface area contributed by atoms with E-state index in [-0.39, 0.29) is 36.8 Å². The summed E-state index contributed by atoms with van der Waals surface area (Å²) in [6.45, 7) is 11.0. The highest BCUT2D eigenvalue weighted by Crippen LogP contribution is 2.10. The molecule has 1 aromatic rings. The fourth-order valence-corrected chi connectivity index (χ4v) is 2.84. The fraction of sp³-hybridized carbons (Fsp3) is 0.611.